The highest BCUT2D eigenvalue weighted by Crippen LogP contribution is 2.33. The number of benzene rings is 2. The van der Waals surface area contributed by atoms with Crippen molar-refractivity contribution < 1.29 is 9.84 Å². The molecule has 128 valence electrons. The van der Waals surface area contributed by atoms with Crippen molar-refractivity contribution in [3.63, 3.8) is 0 Å². The Morgan fingerprint density at radius 3 is 2.25 bits per heavy atom. The predicted octanol–water partition coefficient (Wildman–Crippen LogP) is 4.00. The maximum Gasteiger partial charge on any atom is 0.119 e. The van der Waals surface area contributed by atoms with E-state index in [1.165, 1.54) is 18.4 Å². The lowest BCUT2D eigenvalue weighted by Gasteiger charge is -2.28. The van der Waals surface area contributed by atoms with E-state index in [1.807, 2.05) is 37.3 Å². The molecule has 0 spiro atoms. The van der Waals surface area contributed by atoms with Crippen LogP contribution in [0.4, 0.5) is 0 Å². The predicted molar refractivity (Wildman–Crippen MR) is 97.4 cm³/mol. The maximum absolute atomic E-state index is 11.0. The Balaban J connectivity index is 1.80. The zero-order valence-corrected chi connectivity index (χ0v) is 14.4. The number of ether oxygens (including phenoxy) is 1. The monoisotopic (exact) mass is 325 g/mol. The molecule has 2 atom stereocenters. The van der Waals surface area contributed by atoms with E-state index in [4.69, 9.17) is 4.74 Å². The van der Waals surface area contributed by atoms with Crippen LogP contribution in [0.1, 0.15) is 42.9 Å². The van der Waals surface area contributed by atoms with Crippen molar-refractivity contribution in [2.75, 3.05) is 26.2 Å². The molecule has 0 radical (unpaired) electrons. The van der Waals surface area contributed by atoms with Gasteiger partial charge in [-0.05, 0) is 56.1 Å². The summed E-state index contributed by atoms with van der Waals surface area (Å²) < 4.78 is 5.50. The van der Waals surface area contributed by atoms with Gasteiger partial charge in [0, 0.05) is 12.5 Å². The topological polar surface area (TPSA) is 32.7 Å². The molecule has 0 bridgehead atoms. The summed E-state index contributed by atoms with van der Waals surface area (Å²) in [7, 11) is 0. The molecule has 3 heteroatoms. The summed E-state index contributed by atoms with van der Waals surface area (Å²) >= 11 is 0. The number of nitrogens with zero attached hydrogens (tertiary/aromatic N) is 1. The van der Waals surface area contributed by atoms with E-state index in [9.17, 15) is 5.11 Å². The second kappa shape index (κ2) is 8.32. The van der Waals surface area contributed by atoms with Gasteiger partial charge in [0.15, 0.2) is 0 Å². The summed E-state index contributed by atoms with van der Waals surface area (Å²) in [6.07, 6.45) is 2.02. The molecule has 0 unspecified atom stereocenters. The summed E-state index contributed by atoms with van der Waals surface area (Å²) in [6, 6.07) is 18.2. The highest BCUT2D eigenvalue weighted by Gasteiger charge is 2.26. The second-order valence-electron chi connectivity index (χ2n) is 6.47. The molecule has 24 heavy (non-hydrogen) atoms. The highest BCUT2D eigenvalue weighted by molar-refractivity contribution is 5.32. The molecule has 1 aliphatic rings. The summed E-state index contributed by atoms with van der Waals surface area (Å²) in [5.74, 6) is 0.937. The van der Waals surface area contributed by atoms with E-state index in [2.05, 4.69) is 29.2 Å². The van der Waals surface area contributed by atoms with Crippen LogP contribution in [0.5, 0.6) is 5.75 Å². The van der Waals surface area contributed by atoms with E-state index < -0.39 is 6.10 Å². The molecular formula is C21H27NO2. The van der Waals surface area contributed by atoms with Crippen molar-refractivity contribution in [1.82, 2.24) is 4.90 Å². The van der Waals surface area contributed by atoms with Gasteiger partial charge in [-0.15, -0.1) is 0 Å². The number of aliphatic hydroxyl groups is 1. The normalized spacial score (nSPS) is 17.6. The fourth-order valence-electron chi connectivity index (χ4n) is 3.49. The molecule has 0 saturated carbocycles. The van der Waals surface area contributed by atoms with Gasteiger partial charge >= 0.3 is 0 Å². The average Bonchev–Trinajstić information content (AvgIpc) is 3.14. The summed E-state index contributed by atoms with van der Waals surface area (Å²) in [4.78, 5) is 2.47. The summed E-state index contributed by atoms with van der Waals surface area (Å²) in [5, 5.41) is 11.0. The van der Waals surface area contributed by atoms with Gasteiger partial charge in [-0.1, -0.05) is 42.5 Å². The average molecular weight is 325 g/mol. The molecule has 1 fully saturated rings. The Morgan fingerprint density at radius 2 is 1.62 bits per heavy atom. The third-order valence-electron chi connectivity index (χ3n) is 4.80. The Hall–Kier alpha value is -1.84. The van der Waals surface area contributed by atoms with Gasteiger partial charge in [-0.25, -0.2) is 0 Å². The van der Waals surface area contributed by atoms with Crippen LogP contribution in [0.25, 0.3) is 0 Å². The highest BCUT2D eigenvalue weighted by atomic mass is 16.5. The van der Waals surface area contributed by atoms with Crippen LogP contribution in [0.3, 0.4) is 0 Å². The molecule has 0 aliphatic carbocycles. The second-order valence-corrected chi connectivity index (χ2v) is 6.47. The molecule has 0 amide bonds. The van der Waals surface area contributed by atoms with Crippen LogP contribution >= 0.6 is 0 Å². The molecule has 1 aliphatic heterocycles. The van der Waals surface area contributed by atoms with Crippen LogP contribution in [-0.4, -0.2) is 36.2 Å². The molecule has 2 aromatic rings. The van der Waals surface area contributed by atoms with E-state index in [0.29, 0.717) is 6.61 Å². The molecule has 3 rings (SSSR count). The van der Waals surface area contributed by atoms with Crippen LogP contribution in [0.2, 0.25) is 0 Å². The molecule has 1 N–H and O–H groups in total. The van der Waals surface area contributed by atoms with Crippen LogP contribution in [0.15, 0.2) is 54.6 Å². The van der Waals surface area contributed by atoms with Gasteiger partial charge in [-0.2, -0.15) is 0 Å². The Labute approximate surface area is 144 Å². The lowest BCUT2D eigenvalue weighted by Crippen LogP contribution is -2.29. The van der Waals surface area contributed by atoms with Crippen molar-refractivity contribution in [2.24, 2.45) is 0 Å². The minimum atomic E-state index is -0.510. The fraction of sp³-hybridized carbons (Fsp3) is 0.429. The first-order chi connectivity index (χ1) is 11.8. The first kappa shape index (κ1) is 17.0. The smallest absolute Gasteiger partial charge is 0.119 e. The van der Waals surface area contributed by atoms with Crippen molar-refractivity contribution in [3.05, 3.63) is 65.7 Å². The number of aliphatic hydroxyl groups excluding tert-OH is 1. The van der Waals surface area contributed by atoms with Gasteiger partial charge < -0.3 is 14.7 Å². The first-order valence-electron chi connectivity index (χ1n) is 8.96. The van der Waals surface area contributed by atoms with Gasteiger partial charge in [0.05, 0.1) is 12.7 Å². The lowest BCUT2D eigenvalue weighted by atomic mass is 9.88. The molecule has 1 heterocycles. The minimum absolute atomic E-state index is 0.0854. The Bertz CT molecular complexity index is 605. The van der Waals surface area contributed by atoms with Gasteiger partial charge in [0.2, 0.25) is 0 Å². The van der Waals surface area contributed by atoms with E-state index >= 15 is 0 Å². The Kier molecular flexibility index (Phi) is 5.89. The summed E-state index contributed by atoms with van der Waals surface area (Å²) in [6.45, 7) is 5.81. The summed E-state index contributed by atoms with van der Waals surface area (Å²) in [5.41, 5.74) is 2.15. The third kappa shape index (κ3) is 4.16. The minimum Gasteiger partial charge on any atom is -0.494 e. The standard InChI is InChI=1S/C21H27NO2/c1-2-24-19-12-10-18(11-13-19)21(23)20(16-22-14-6-7-15-22)17-8-4-3-5-9-17/h3-5,8-13,20-21,23H,2,6-7,14-16H2,1H3/t20-,21-/m0/s1. The molecule has 1 saturated heterocycles. The lowest BCUT2D eigenvalue weighted by molar-refractivity contribution is 0.123. The van der Waals surface area contributed by atoms with Crippen molar-refractivity contribution >= 4 is 0 Å². The van der Waals surface area contributed by atoms with E-state index in [-0.39, 0.29) is 5.92 Å². The van der Waals surface area contributed by atoms with Crippen molar-refractivity contribution in [1.29, 1.82) is 0 Å². The van der Waals surface area contributed by atoms with Crippen LogP contribution in [-0.2, 0) is 0 Å². The van der Waals surface area contributed by atoms with Gasteiger partial charge in [0.1, 0.15) is 5.75 Å². The Morgan fingerprint density at radius 1 is 0.958 bits per heavy atom. The first-order valence-corrected chi connectivity index (χ1v) is 8.96. The maximum atomic E-state index is 11.0. The molecule has 0 aromatic heterocycles. The van der Waals surface area contributed by atoms with Crippen LogP contribution in [0, 0.1) is 0 Å². The number of rotatable bonds is 7. The molecule has 3 nitrogen and oxygen atoms in total. The SMILES string of the molecule is CCOc1ccc([C@H](O)[C@@H](CN2CCCC2)c2ccccc2)cc1. The van der Waals surface area contributed by atoms with Crippen LogP contribution < -0.4 is 4.74 Å². The van der Waals surface area contributed by atoms with Gasteiger partial charge in [0.25, 0.3) is 0 Å². The van der Waals surface area contributed by atoms with E-state index in [0.717, 1.165) is 30.9 Å². The zero-order chi connectivity index (χ0) is 16.8. The number of hydrogen-bond acceptors (Lipinski definition) is 3. The third-order valence-corrected chi connectivity index (χ3v) is 4.80. The quantitative estimate of drug-likeness (QED) is 0.835. The number of hydrogen-bond donors (Lipinski definition) is 1. The van der Waals surface area contributed by atoms with Crippen molar-refractivity contribution in [2.45, 2.75) is 31.8 Å². The fourth-order valence-corrected chi connectivity index (χ4v) is 3.49. The van der Waals surface area contributed by atoms with Crippen molar-refractivity contribution in [3.8, 4) is 5.75 Å². The van der Waals surface area contributed by atoms with Gasteiger partial charge in [-0.3, -0.25) is 0 Å². The molecule has 2 aromatic carbocycles. The largest absolute Gasteiger partial charge is 0.494 e. The molecular weight excluding hydrogens is 298 g/mol. The van der Waals surface area contributed by atoms with E-state index in [1.54, 1.807) is 0 Å². The zero-order valence-electron chi connectivity index (χ0n) is 14.4. The number of likely N-dealkylation sites (tertiary alicyclic amines) is 1.